The zero-order chi connectivity index (χ0) is 80.8. The van der Waals surface area contributed by atoms with Crippen LogP contribution in [0.1, 0.15) is 342 Å². The highest BCUT2D eigenvalue weighted by Gasteiger charge is 2.29. The molecule has 0 aromatic carbocycles. The van der Waals surface area contributed by atoms with E-state index in [1.165, 1.54) is 109 Å². The molecule has 5 unspecified atom stereocenters. The largest absolute Gasteiger partial charge is 0.472 e. The van der Waals surface area contributed by atoms with Crippen LogP contribution in [0, 0.1) is 0 Å². The van der Waals surface area contributed by atoms with E-state index in [1.54, 1.807) is 0 Å². The number of aliphatic hydroxyl groups excluding tert-OH is 2. The number of rotatable bonds is 81. The predicted molar refractivity (Wildman–Crippen MR) is 463 cm³/mol. The van der Waals surface area contributed by atoms with E-state index in [0.29, 0.717) is 19.3 Å². The maximum absolute atomic E-state index is 13.0. The van der Waals surface area contributed by atoms with E-state index < -0.39 is 91.5 Å². The van der Waals surface area contributed by atoms with Gasteiger partial charge in [0.05, 0.1) is 26.4 Å². The fourth-order valence-electron chi connectivity index (χ4n) is 11.4. The van der Waals surface area contributed by atoms with Gasteiger partial charge in [0.25, 0.3) is 0 Å². The molecule has 111 heavy (non-hydrogen) atoms. The van der Waals surface area contributed by atoms with Crippen molar-refractivity contribution < 1.29 is 75.8 Å². The number of aliphatic hydroxyl groups is 2. The maximum Gasteiger partial charge on any atom is 0.472 e. The van der Waals surface area contributed by atoms with Crippen LogP contribution >= 0.6 is 15.6 Å². The molecular weight excluding hydrogens is 1430 g/mol. The summed E-state index contributed by atoms with van der Waals surface area (Å²) in [4.78, 5) is 58.9. The van der Waals surface area contributed by atoms with E-state index in [2.05, 4.69) is 191 Å². The van der Waals surface area contributed by atoms with Crippen LogP contribution in [0.4, 0.5) is 0 Å². The second-order valence-electron chi connectivity index (χ2n) is 28.6. The quantitative estimate of drug-likeness (QED) is 0.0146. The minimum absolute atomic E-state index is 0.0758. The monoisotopic (exact) mass is 1590 g/mol. The second kappa shape index (κ2) is 84.3. The molecule has 18 heteroatoms. The van der Waals surface area contributed by atoms with Crippen LogP contribution in [0.25, 0.3) is 0 Å². The summed E-state index contributed by atoms with van der Waals surface area (Å²) in [6.07, 6.45) is 108. The molecule has 0 aromatic rings. The van der Waals surface area contributed by atoms with Crippen LogP contribution in [0.2, 0.25) is 0 Å². The van der Waals surface area contributed by atoms with Gasteiger partial charge in [-0.25, -0.2) is 9.13 Å². The van der Waals surface area contributed by atoms with Gasteiger partial charge in [0, 0.05) is 19.3 Å². The Kier molecular flexibility index (Phi) is 80.4. The van der Waals surface area contributed by atoms with Gasteiger partial charge in [-0.1, -0.05) is 339 Å². The number of unbranched alkanes of at least 4 members (excludes halogenated alkanes) is 30. The lowest BCUT2D eigenvalue weighted by Gasteiger charge is -2.21. The van der Waals surface area contributed by atoms with E-state index in [0.717, 1.165) is 173 Å². The van der Waals surface area contributed by atoms with Gasteiger partial charge in [-0.05, 0) is 154 Å². The molecule has 0 heterocycles. The minimum atomic E-state index is -4.95. The lowest BCUT2D eigenvalue weighted by atomic mass is 10.0. The molecule has 0 aliphatic rings. The Balaban J connectivity index is 4.65. The summed E-state index contributed by atoms with van der Waals surface area (Å²) in [5.41, 5.74) is 0. The number of carbonyl (C=O) groups is 3. The number of allylic oxidation sites excluding steroid dienone is 28. The zero-order valence-electron chi connectivity index (χ0n) is 69.6. The van der Waals surface area contributed by atoms with Crippen molar-refractivity contribution in [3.63, 3.8) is 0 Å². The molecule has 0 aliphatic carbocycles. The van der Waals surface area contributed by atoms with Crippen LogP contribution < -0.4 is 0 Å². The fourth-order valence-corrected chi connectivity index (χ4v) is 13.0. The highest BCUT2D eigenvalue weighted by atomic mass is 31.2. The van der Waals surface area contributed by atoms with Gasteiger partial charge < -0.3 is 34.2 Å². The van der Waals surface area contributed by atoms with Crippen molar-refractivity contribution in [3.8, 4) is 0 Å². The average molecular weight is 1590 g/mol. The second-order valence-corrected chi connectivity index (χ2v) is 31.5. The molecule has 5 atom stereocenters. The summed E-state index contributed by atoms with van der Waals surface area (Å²) in [5, 5.41) is 20.7. The maximum atomic E-state index is 13.0. The third-order valence-electron chi connectivity index (χ3n) is 17.9. The Labute approximate surface area is 675 Å². The third-order valence-corrected chi connectivity index (χ3v) is 19.8. The van der Waals surface area contributed by atoms with E-state index in [1.807, 2.05) is 0 Å². The highest BCUT2D eigenvalue weighted by Crippen LogP contribution is 2.45. The van der Waals surface area contributed by atoms with E-state index in [-0.39, 0.29) is 19.3 Å². The lowest BCUT2D eigenvalue weighted by Crippen LogP contribution is -2.30. The molecular formula is C93H156O16P2. The van der Waals surface area contributed by atoms with Gasteiger partial charge in [-0.2, -0.15) is 0 Å². The van der Waals surface area contributed by atoms with Crippen LogP contribution in [-0.2, 0) is 55.8 Å². The summed E-state index contributed by atoms with van der Waals surface area (Å²) < 4.78 is 61.4. The SMILES string of the molecule is CC/C=C\C/C=C\C/C=C\C/C=C\C/C=C\CCCCCCCCCCCCCCCC(=O)OCC(O)COP(=O)(O)OCC(O)COP(=O)(O)OCC(COC(=O)CCCCCCCCCCC/C=C\C/C=C\C/C=C\C/C=C\CCCCC)OC(=O)CCCCCCC/C=C\C/C=C\C/C=C\C/C=C\C/C=C\CC. The average Bonchev–Trinajstić information content (AvgIpc) is 0.898. The van der Waals surface area contributed by atoms with Gasteiger partial charge >= 0.3 is 33.6 Å². The first kappa shape index (κ1) is 106. The van der Waals surface area contributed by atoms with Gasteiger partial charge in [0.15, 0.2) is 6.10 Å². The van der Waals surface area contributed by atoms with Crippen LogP contribution in [0.15, 0.2) is 170 Å². The number of ether oxygens (including phenoxy) is 3. The van der Waals surface area contributed by atoms with Crippen molar-refractivity contribution >= 4 is 33.6 Å². The molecule has 634 valence electrons. The Bertz CT molecular complexity index is 2700. The first-order chi connectivity index (χ1) is 54.2. The Morgan fingerprint density at radius 3 is 0.757 bits per heavy atom. The zero-order valence-corrected chi connectivity index (χ0v) is 71.4. The number of phosphoric ester groups is 2. The van der Waals surface area contributed by atoms with Gasteiger partial charge in [0.1, 0.15) is 25.4 Å². The van der Waals surface area contributed by atoms with E-state index in [4.69, 9.17) is 32.3 Å². The smallest absolute Gasteiger partial charge is 0.463 e. The summed E-state index contributed by atoms with van der Waals surface area (Å²) in [5.74, 6) is -1.60. The van der Waals surface area contributed by atoms with Gasteiger partial charge in [-0.15, -0.1) is 0 Å². The van der Waals surface area contributed by atoms with E-state index in [9.17, 15) is 43.5 Å². The molecule has 16 nitrogen and oxygen atoms in total. The fraction of sp³-hybridized carbons (Fsp3) is 0.667. The van der Waals surface area contributed by atoms with Crippen molar-refractivity contribution in [2.75, 3.05) is 39.6 Å². The van der Waals surface area contributed by atoms with Crippen molar-refractivity contribution in [1.29, 1.82) is 0 Å². The first-order valence-corrected chi connectivity index (χ1v) is 46.4. The highest BCUT2D eigenvalue weighted by molar-refractivity contribution is 7.47. The lowest BCUT2D eigenvalue weighted by molar-refractivity contribution is -0.161. The first-order valence-electron chi connectivity index (χ1n) is 43.4. The Morgan fingerprint density at radius 1 is 0.261 bits per heavy atom. The number of phosphoric acid groups is 2. The molecule has 0 spiro atoms. The Hall–Kier alpha value is -5.09. The Morgan fingerprint density at radius 2 is 0.477 bits per heavy atom. The standard InChI is InChI=1S/C93H156O16P2/c1-4-7-10-13-16-19-22-25-28-31-34-37-39-41-42-43-44-46-48-50-52-55-58-61-64-67-70-73-76-79-91(96)103-82-88(94)83-105-110(99,100)106-84-89(95)85-107-111(101,102)108-87-90(109-93(98)81-78-75-72-69-66-63-60-57-54-49-36-33-30-27-24-21-18-15-12-9-6-3)86-104-92(97)80-77-74-71-68-65-62-59-56-53-51-47-45-40-38-35-32-29-26-23-20-17-14-11-8-5-2/h7,9-10,12,16-21,25-30,34-38,41-42,45,47,49,57,60,88-90,94-95H,4-6,8,11,13-15,22-24,31-33,39-40,43-44,46,48,50-56,58-59,61-87H2,1-3H3,(H,99,100)(H,101,102)/b10-7-,12-9-,19-16-,20-17-,21-18-,28-25-,29-26-,30-27-,37-34-,38-35-,42-41-,47-45-,49-36-,60-57-. The normalized spacial score (nSPS) is 14.7. The molecule has 0 bridgehead atoms. The molecule has 0 saturated heterocycles. The van der Waals surface area contributed by atoms with Crippen LogP contribution in [0.5, 0.6) is 0 Å². The van der Waals surface area contributed by atoms with Crippen LogP contribution in [0.3, 0.4) is 0 Å². The summed E-state index contributed by atoms with van der Waals surface area (Å²) in [6, 6.07) is 0. The number of carbonyl (C=O) groups excluding carboxylic acids is 3. The van der Waals surface area contributed by atoms with Gasteiger partial charge in [-0.3, -0.25) is 32.5 Å². The number of hydrogen-bond donors (Lipinski definition) is 4. The molecule has 0 aliphatic heterocycles. The van der Waals surface area contributed by atoms with Crippen LogP contribution in [-0.4, -0.2) is 95.9 Å². The summed E-state index contributed by atoms with van der Waals surface area (Å²) in [7, 11) is -9.82. The molecule has 0 fully saturated rings. The molecule has 0 aromatic heterocycles. The predicted octanol–water partition coefficient (Wildman–Crippen LogP) is 26.3. The summed E-state index contributed by atoms with van der Waals surface area (Å²) >= 11 is 0. The molecule has 0 saturated carbocycles. The number of esters is 3. The van der Waals surface area contributed by atoms with Crippen molar-refractivity contribution in [3.05, 3.63) is 170 Å². The molecule has 0 amide bonds. The summed E-state index contributed by atoms with van der Waals surface area (Å²) in [6.45, 7) is 2.42. The van der Waals surface area contributed by atoms with Crippen molar-refractivity contribution in [2.45, 2.75) is 360 Å². The minimum Gasteiger partial charge on any atom is -0.463 e. The van der Waals surface area contributed by atoms with E-state index >= 15 is 0 Å². The topological polar surface area (TPSA) is 231 Å². The molecule has 0 rings (SSSR count). The van der Waals surface area contributed by atoms with Crippen molar-refractivity contribution in [1.82, 2.24) is 0 Å². The number of hydrogen-bond acceptors (Lipinski definition) is 14. The molecule has 0 radical (unpaired) electrons. The third kappa shape index (κ3) is 85.6. The molecule has 4 N–H and O–H groups in total. The van der Waals surface area contributed by atoms with Gasteiger partial charge in [0.2, 0.25) is 0 Å². The van der Waals surface area contributed by atoms with Crippen molar-refractivity contribution in [2.24, 2.45) is 0 Å².